The first-order valence-electron chi connectivity index (χ1n) is 10.8. The smallest absolute Gasteiger partial charge is 0.309 e. The second-order valence-corrected chi connectivity index (χ2v) is 8.80. The molecule has 1 aliphatic carbocycles. The van der Waals surface area contributed by atoms with Gasteiger partial charge in [-0.1, -0.05) is 36.6 Å². The molecule has 0 unspecified atom stereocenters. The largest absolute Gasteiger partial charge is 0.466 e. The fourth-order valence-corrected chi connectivity index (χ4v) is 4.86. The normalized spacial score (nSPS) is 18.8. The molecular formula is C23H31ClN2O4. The van der Waals surface area contributed by atoms with Gasteiger partial charge in [0.05, 0.1) is 24.5 Å². The van der Waals surface area contributed by atoms with E-state index in [1.54, 1.807) is 23.8 Å². The Morgan fingerprint density at radius 1 is 1.13 bits per heavy atom. The zero-order chi connectivity index (χ0) is 21.7. The van der Waals surface area contributed by atoms with Gasteiger partial charge in [0, 0.05) is 25.2 Å². The lowest BCUT2D eigenvalue weighted by molar-refractivity contribution is -0.151. The van der Waals surface area contributed by atoms with Crippen LogP contribution >= 0.6 is 11.6 Å². The van der Waals surface area contributed by atoms with E-state index in [0.717, 1.165) is 31.2 Å². The summed E-state index contributed by atoms with van der Waals surface area (Å²) in [5.74, 6) is -0.391. The van der Waals surface area contributed by atoms with Crippen molar-refractivity contribution in [3.8, 4) is 0 Å². The third kappa shape index (κ3) is 4.80. The van der Waals surface area contributed by atoms with Gasteiger partial charge in [-0.3, -0.25) is 14.4 Å². The first-order valence-corrected chi connectivity index (χ1v) is 11.2. The van der Waals surface area contributed by atoms with Crippen molar-refractivity contribution in [3.05, 3.63) is 34.9 Å². The average molecular weight is 435 g/mol. The molecule has 2 amide bonds. The summed E-state index contributed by atoms with van der Waals surface area (Å²) in [6, 6.07) is 7.51. The summed E-state index contributed by atoms with van der Waals surface area (Å²) in [5.41, 5.74) is 0.403. The highest BCUT2D eigenvalue weighted by molar-refractivity contribution is 6.30. The van der Waals surface area contributed by atoms with Crippen molar-refractivity contribution < 1.29 is 19.1 Å². The van der Waals surface area contributed by atoms with Crippen LogP contribution in [0.1, 0.15) is 51.0 Å². The molecule has 0 bridgehead atoms. The van der Waals surface area contributed by atoms with E-state index in [1.807, 2.05) is 24.3 Å². The minimum Gasteiger partial charge on any atom is -0.466 e. The Morgan fingerprint density at radius 2 is 1.73 bits per heavy atom. The number of carbonyl (C=O) groups is 3. The lowest BCUT2D eigenvalue weighted by atomic mass is 9.77. The Morgan fingerprint density at radius 3 is 2.30 bits per heavy atom. The van der Waals surface area contributed by atoms with E-state index in [0.29, 0.717) is 37.6 Å². The molecule has 2 fully saturated rings. The number of likely N-dealkylation sites (N-methyl/N-ethyl adjacent to an activating group) is 1. The van der Waals surface area contributed by atoms with Gasteiger partial charge in [0.1, 0.15) is 0 Å². The Kier molecular flexibility index (Phi) is 7.40. The zero-order valence-electron chi connectivity index (χ0n) is 17.9. The molecule has 7 heteroatoms. The van der Waals surface area contributed by atoms with Crippen LogP contribution in [0.5, 0.6) is 0 Å². The van der Waals surface area contributed by atoms with Crippen LogP contribution in [0.4, 0.5) is 0 Å². The lowest BCUT2D eigenvalue weighted by Crippen LogP contribution is -2.49. The predicted octanol–water partition coefficient (Wildman–Crippen LogP) is 3.41. The molecule has 0 spiro atoms. The van der Waals surface area contributed by atoms with Crippen molar-refractivity contribution in [2.75, 3.05) is 33.3 Å². The summed E-state index contributed by atoms with van der Waals surface area (Å²) in [4.78, 5) is 41.5. The van der Waals surface area contributed by atoms with Gasteiger partial charge in [-0.25, -0.2) is 0 Å². The van der Waals surface area contributed by atoms with Crippen molar-refractivity contribution in [1.29, 1.82) is 0 Å². The summed E-state index contributed by atoms with van der Waals surface area (Å²) in [6.07, 6.45) is 4.79. The highest BCUT2D eigenvalue weighted by Crippen LogP contribution is 2.42. The van der Waals surface area contributed by atoms with Crippen molar-refractivity contribution >= 4 is 29.4 Å². The van der Waals surface area contributed by atoms with E-state index < -0.39 is 5.41 Å². The van der Waals surface area contributed by atoms with Gasteiger partial charge >= 0.3 is 5.97 Å². The number of ether oxygens (including phenoxy) is 1. The zero-order valence-corrected chi connectivity index (χ0v) is 18.6. The van der Waals surface area contributed by atoms with Crippen LogP contribution in [-0.4, -0.2) is 60.9 Å². The number of halogens is 1. The topological polar surface area (TPSA) is 66.9 Å². The summed E-state index contributed by atoms with van der Waals surface area (Å²) < 4.78 is 5.09. The van der Waals surface area contributed by atoms with Gasteiger partial charge in [0.15, 0.2) is 0 Å². The van der Waals surface area contributed by atoms with E-state index in [9.17, 15) is 14.4 Å². The second kappa shape index (κ2) is 9.82. The standard InChI is InChI=1S/C23H31ClN2O4/c1-3-30-21(28)17-10-14-26(15-11-17)20(27)16-25(2)22(29)23(12-4-5-13-23)18-6-8-19(24)9-7-18/h6-9,17H,3-5,10-16H2,1-2H3. The molecule has 0 N–H and O–H groups in total. The Hall–Kier alpha value is -2.08. The van der Waals surface area contributed by atoms with Crippen LogP contribution in [0, 0.1) is 5.92 Å². The number of likely N-dealkylation sites (tertiary alicyclic amines) is 1. The van der Waals surface area contributed by atoms with E-state index in [-0.39, 0.29) is 30.2 Å². The highest BCUT2D eigenvalue weighted by atomic mass is 35.5. The third-order valence-electron chi connectivity index (χ3n) is 6.45. The number of nitrogens with zero attached hydrogens (tertiary/aromatic N) is 2. The van der Waals surface area contributed by atoms with E-state index in [2.05, 4.69) is 0 Å². The van der Waals surface area contributed by atoms with Gasteiger partial charge in [-0.15, -0.1) is 0 Å². The van der Waals surface area contributed by atoms with Crippen molar-refractivity contribution in [2.24, 2.45) is 5.92 Å². The minimum absolute atomic E-state index is 0.00270. The molecule has 0 atom stereocenters. The number of piperidine rings is 1. The number of hydrogen-bond donors (Lipinski definition) is 0. The Bertz CT molecular complexity index is 766. The molecule has 1 aliphatic heterocycles. The van der Waals surface area contributed by atoms with E-state index >= 15 is 0 Å². The first kappa shape index (κ1) is 22.6. The van der Waals surface area contributed by atoms with Crippen molar-refractivity contribution in [1.82, 2.24) is 9.80 Å². The third-order valence-corrected chi connectivity index (χ3v) is 6.70. The molecule has 164 valence electrons. The maximum Gasteiger partial charge on any atom is 0.309 e. The fourth-order valence-electron chi connectivity index (χ4n) is 4.74. The molecule has 0 aromatic heterocycles. The van der Waals surface area contributed by atoms with Gasteiger partial charge < -0.3 is 14.5 Å². The Labute approximate surface area is 183 Å². The van der Waals surface area contributed by atoms with Crippen molar-refractivity contribution in [2.45, 2.75) is 50.9 Å². The van der Waals surface area contributed by atoms with Gasteiger partial charge in [0.25, 0.3) is 0 Å². The number of hydrogen-bond acceptors (Lipinski definition) is 4. The molecular weight excluding hydrogens is 404 g/mol. The van der Waals surface area contributed by atoms with Crippen LogP contribution in [0.15, 0.2) is 24.3 Å². The molecule has 1 saturated heterocycles. The summed E-state index contributed by atoms with van der Waals surface area (Å²) in [6.45, 7) is 3.27. The number of esters is 1. The molecule has 1 saturated carbocycles. The predicted molar refractivity (Wildman–Crippen MR) is 115 cm³/mol. The molecule has 2 aliphatic rings. The molecule has 3 rings (SSSR count). The number of carbonyl (C=O) groups excluding carboxylic acids is 3. The molecule has 1 heterocycles. The summed E-state index contributed by atoms with van der Waals surface area (Å²) in [7, 11) is 1.71. The maximum absolute atomic E-state index is 13.4. The molecule has 0 radical (unpaired) electrons. The first-order chi connectivity index (χ1) is 14.4. The van der Waals surface area contributed by atoms with Crippen LogP contribution in [0.2, 0.25) is 5.02 Å². The number of amides is 2. The molecule has 6 nitrogen and oxygen atoms in total. The minimum atomic E-state index is -0.573. The summed E-state index contributed by atoms with van der Waals surface area (Å²) >= 11 is 6.03. The average Bonchev–Trinajstić information content (AvgIpc) is 3.25. The number of benzene rings is 1. The second-order valence-electron chi connectivity index (χ2n) is 8.36. The monoisotopic (exact) mass is 434 g/mol. The lowest BCUT2D eigenvalue weighted by Gasteiger charge is -2.35. The van der Waals surface area contributed by atoms with Crippen LogP contribution in [0.3, 0.4) is 0 Å². The van der Waals surface area contributed by atoms with E-state index in [4.69, 9.17) is 16.3 Å². The van der Waals surface area contributed by atoms with Crippen molar-refractivity contribution in [3.63, 3.8) is 0 Å². The van der Waals surface area contributed by atoms with Gasteiger partial charge in [-0.05, 0) is 50.3 Å². The van der Waals surface area contributed by atoms with Gasteiger partial charge in [0.2, 0.25) is 11.8 Å². The van der Waals surface area contributed by atoms with Crippen LogP contribution in [-0.2, 0) is 24.5 Å². The number of rotatable bonds is 6. The highest BCUT2D eigenvalue weighted by Gasteiger charge is 2.44. The van der Waals surface area contributed by atoms with Gasteiger partial charge in [-0.2, -0.15) is 0 Å². The maximum atomic E-state index is 13.4. The fraction of sp³-hybridized carbons (Fsp3) is 0.609. The van der Waals surface area contributed by atoms with Crippen LogP contribution in [0.25, 0.3) is 0 Å². The van der Waals surface area contributed by atoms with Crippen LogP contribution < -0.4 is 0 Å². The Balaban J connectivity index is 1.61. The summed E-state index contributed by atoms with van der Waals surface area (Å²) in [5, 5.41) is 0.647. The molecule has 30 heavy (non-hydrogen) atoms. The molecule has 1 aromatic rings. The SMILES string of the molecule is CCOC(=O)C1CCN(C(=O)CN(C)C(=O)C2(c3ccc(Cl)cc3)CCCC2)CC1. The molecule has 1 aromatic carbocycles. The quantitative estimate of drug-likeness (QED) is 0.643. The van der Waals surface area contributed by atoms with E-state index in [1.165, 1.54) is 0 Å².